The summed E-state index contributed by atoms with van der Waals surface area (Å²) in [6.45, 7) is 11.2. The van der Waals surface area contributed by atoms with Crippen molar-refractivity contribution >= 4 is 0 Å². The molecule has 0 bridgehead atoms. The molecule has 116 valence electrons. The average Bonchev–Trinajstić information content (AvgIpc) is 2.51. The minimum absolute atomic E-state index is 0. The first-order valence-electron chi connectivity index (χ1n) is 6.79. The van der Waals surface area contributed by atoms with Gasteiger partial charge in [-0.25, -0.2) is 0 Å². The molecule has 1 heteroatoms. The average molecular weight is 467 g/mol. The van der Waals surface area contributed by atoms with Crippen LogP contribution in [0.1, 0.15) is 16.7 Å². The summed E-state index contributed by atoms with van der Waals surface area (Å²) in [5.41, 5.74) is 3.22. The quantitative estimate of drug-likeness (QED) is 0.279. The second-order valence-corrected chi connectivity index (χ2v) is 4.46. The molecule has 0 spiro atoms. The van der Waals surface area contributed by atoms with Crippen LogP contribution in [0.5, 0.6) is 0 Å². The van der Waals surface area contributed by atoms with Gasteiger partial charge in [-0.15, -0.1) is 36.4 Å². The van der Waals surface area contributed by atoms with Crippen LogP contribution in [-0.2, 0) is 25.8 Å². The van der Waals surface area contributed by atoms with Gasteiger partial charge >= 0.3 is 25.8 Å². The van der Waals surface area contributed by atoms with E-state index in [9.17, 15) is 0 Å². The van der Waals surface area contributed by atoms with Crippen LogP contribution in [0.25, 0.3) is 0 Å². The normalized spacial score (nSPS) is 7.83. The van der Waals surface area contributed by atoms with E-state index in [1.807, 2.05) is 91.0 Å². The second-order valence-electron chi connectivity index (χ2n) is 4.46. The van der Waals surface area contributed by atoms with Crippen molar-refractivity contribution in [1.29, 1.82) is 0 Å². The Morgan fingerprint density at radius 1 is 0.391 bits per heavy atom. The minimum Gasteiger partial charge on any atom is -0.358 e. The zero-order chi connectivity index (χ0) is 15.3. The van der Waals surface area contributed by atoms with E-state index in [0.29, 0.717) is 0 Å². The van der Waals surface area contributed by atoms with E-state index in [4.69, 9.17) is 0 Å². The van der Waals surface area contributed by atoms with Crippen molar-refractivity contribution in [2.24, 2.45) is 0 Å². The molecule has 0 aromatic heterocycles. The van der Waals surface area contributed by atoms with Crippen LogP contribution in [0.3, 0.4) is 0 Å². The molecule has 3 rings (SSSR count). The zero-order valence-corrected chi connectivity index (χ0v) is 17.4. The Bertz CT molecular complexity index is 485. The molecule has 0 radical (unpaired) electrons. The molecule has 0 unspecified atom stereocenters. The summed E-state index contributed by atoms with van der Waals surface area (Å²) in [6.07, 6.45) is 0. The van der Waals surface area contributed by atoms with Crippen molar-refractivity contribution in [2.75, 3.05) is 0 Å². The van der Waals surface area contributed by atoms with Crippen molar-refractivity contribution in [2.45, 2.75) is 0 Å². The van der Waals surface area contributed by atoms with Gasteiger partial charge in [0.15, 0.2) is 0 Å². The second kappa shape index (κ2) is 15.1. The number of benzene rings is 3. The summed E-state index contributed by atoms with van der Waals surface area (Å²) in [5.74, 6) is 0. The first kappa shape index (κ1) is 23.4. The van der Waals surface area contributed by atoms with Crippen molar-refractivity contribution in [3.63, 3.8) is 0 Å². The predicted molar refractivity (Wildman–Crippen MR) is 99.1 cm³/mol. The Balaban J connectivity index is 0. The molecule has 23 heavy (non-hydrogen) atoms. The maximum Gasteiger partial charge on any atom is 4.00 e. The largest absolute Gasteiger partial charge is 4.00 e. The van der Waals surface area contributed by atoms with Crippen molar-refractivity contribution in [3.8, 4) is 0 Å². The summed E-state index contributed by atoms with van der Waals surface area (Å²) >= 11 is 0. The SMILES string of the molecule is [CH2-]c1ccccc1.[CH2-]c1ccccc1.[CH2-]c1ccccc1.[CH3-].[Hf+4]. The molecule has 0 nitrogen and oxygen atoms in total. The first-order chi connectivity index (χ1) is 10.2. The monoisotopic (exact) mass is 468 g/mol. The summed E-state index contributed by atoms with van der Waals surface area (Å²) in [7, 11) is 0. The van der Waals surface area contributed by atoms with Gasteiger partial charge < -0.3 is 7.43 Å². The third kappa shape index (κ3) is 13.5. The Hall–Kier alpha value is -1.86. The summed E-state index contributed by atoms with van der Waals surface area (Å²) < 4.78 is 0. The van der Waals surface area contributed by atoms with E-state index in [1.54, 1.807) is 0 Å². The Morgan fingerprint density at radius 2 is 0.565 bits per heavy atom. The van der Waals surface area contributed by atoms with Crippen molar-refractivity contribution < 1.29 is 25.8 Å². The summed E-state index contributed by atoms with van der Waals surface area (Å²) in [5, 5.41) is 0. The Labute approximate surface area is 161 Å². The smallest absolute Gasteiger partial charge is 0.358 e. The van der Waals surface area contributed by atoms with E-state index in [0.717, 1.165) is 16.7 Å². The van der Waals surface area contributed by atoms with Crippen LogP contribution in [0, 0.1) is 28.2 Å². The predicted octanol–water partition coefficient (Wildman–Crippen LogP) is 6.05. The molecule has 0 aliphatic rings. The third-order valence-corrected chi connectivity index (χ3v) is 2.53. The van der Waals surface area contributed by atoms with Crippen LogP contribution < -0.4 is 0 Å². The van der Waals surface area contributed by atoms with Gasteiger partial charge in [0.2, 0.25) is 0 Å². The van der Waals surface area contributed by atoms with E-state index in [1.165, 1.54) is 0 Å². The van der Waals surface area contributed by atoms with Crippen LogP contribution in [0.2, 0.25) is 0 Å². The summed E-state index contributed by atoms with van der Waals surface area (Å²) in [6, 6.07) is 29.6. The minimum atomic E-state index is 0. The molecule has 3 aromatic carbocycles. The van der Waals surface area contributed by atoms with Crippen molar-refractivity contribution in [1.82, 2.24) is 0 Å². The number of hydrogen-bond acceptors (Lipinski definition) is 0. The number of rotatable bonds is 0. The molecular formula is C22H24Hf. The van der Waals surface area contributed by atoms with Gasteiger partial charge in [-0.1, -0.05) is 18.2 Å². The maximum absolute atomic E-state index is 3.72. The van der Waals surface area contributed by atoms with Crippen LogP contribution in [-0.4, -0.2) is 0 Å². The maximum atomic E-state index is 3.72. The third-order valence-electron chi connectivity index (χ3n) is 2.53. The van der Waals surface area contributed by atoms with Gasteiger partial charge in [0.05, 0.1) is 0 Å². The van der Waals surface area contributed by atoms with Gasteiger partial charge in [0.25, 0.3) is 0 Å². The molecule has 0 N–H and O–H groups in total. The molecule has 0 fully saturated rings. The Morgan fingerprint density at radius 3 is 0.652 bits per heavy atom. The fourth-order valence-electron chi connectivity index (χ4n) is 1.43. The van der Waals surface area contributed by atoms with Crippen LogP contribution >= 0.6 is 0 Å². The van der Waals surface area contributed by atoms with Crippen LogP contribution in [0.4, 0.5) is 0 Å². The summed E-state index contributed by atoms with van der Waals surface area (Å²) in [4.78, 5) is 0. The molecule has 3 aromatic rings. The van der Waals surface area contributed by atoms with Crippen molar-refractivity contribution in [3.05, 3.63) is 136 Å². The zero-order valence-electron chi connectivity index (χ0n) is 13.8. The molecular weight excluding hydrogens is 443 g/mol. The molecule has 0 amide bonds. The fraction of sp³-hybridized carbons (Fsp3) is 0. The van der Waals surface area contributed by atoms with Gasteiger partial charge in [-0.2, -0.15) is 73.9 Å². The van der Waals surface area contributed by atoms with Crippen LogP contribution in [0.15, 0.2) is 91.0 Å². The topological polar surface area (TPSA) is 0 Å². The van der Waals surface area contributed by atoms with E-state index >= 15 is 0 Å². The molecule has 0 aliphatic carbocycles. The molecule has 0 saturated carbocycles. The van der Waals surface area contributed by atoms with E-state index in [-0.39, 0.29) is 33.3 Å². The molecule has 0 aliphatic heterocycles. The van der Waals surface area contributed by atoms with Gasteiger partial charge in [-0.05, 0) is 0 Å². The van der Waals surface area contributed by atoms with Gasteiger partial charge in [0.1, 0.15) is 0 Å². The molecule has 0 saturated heterocycles. The molecule has 0 heterocycles. The number of hydrogen-bond donors (Lipinski definition) is 0. The van der Waals surface area contributed by atoms with Gasteiger partial charge in [0, 0.05) is 0 Å². The van der Waals surface area contributed by atoms with Gasteiger partial charge in [-0.3, -0.25) is 0 Å². The Kier molecular flexibility index (Phi) is 15.3. The molecule has 0 atom stereocenters. The van der Waals surface area contributed by atoms with E-state index < -0.39 is 0 Å². The standard InChI is InChI=1S/3C7H7.CH3.Hf/c3*1-7-5-3-2-4-6-7;;/h3*2-6H,1H2;1H3;/q4*-1;+4. The first-order valence-corrected chi connectivity index (χ1v) is 6.79. The van der Waals surface area contributed by atoms with E-state index in [2.05, 4.69) is 20.8 Å². The fourth-order valence-corrected chi connectivity index (χ4v) is 1.43.